The SMILES string of the molecule is CCOc1ccc(/C(O)=C2\C(=O)C(=O)N(c3cccc(C)c3C)C2c2ccccc2OC)cc1C(C)(C)C. The summed E-state index contributed by atoms with van der Waals surface area (Å²) in [6.45, 7) is 12.5. The van der Waals surface area contributed by atoms with Crippen LogP contribution in [0.25, 0.3) is 5.76 Å². The molecule has 1 heterocycles. The first kappa shape index (κ1) is 27.0. The number of para-hydroxylation sites is 1. The van der Waals surface area contributed by atoms with Crippen molar-refractivity contribution in [2.24, 2.45) is 0 Å². The Morgan fingerprint density at radius 3 is 2.34 bits per heavy atom. The lowest BCUT2D eigenvalue weighted by Crippen LogP contribution is -2.30. The van der Waals surface area contributed by atoms with Crippen molar-refractivity contribution >= 4 is 23.1 Å². The largest absolute Gasteiger partial charge is 0.507 e. The van der Waals surface area contributed by atoms with Crippen LogP contribution in [-0.4, -0.2) is 30.5 Å². The maximum Gasteiger partial charge on any atom is 0.300 e. The highest BCUT2D eigenvalue weighted by atomic mass is 16.5. The molecule has 198 valence electrons. The Morgan fingerprint density at radius 1 is 0.974 bits per heavy atom. The number of amides is 1. The van der Waals surface area contributed by atoms with Gasteiger partial charge in [0.25, 0.3) is 11.7 Å². The molecule has 1 aliphatic heterocycles. The van der Waals surface area contributed by atoms with Gasteiger partial charge in [-0.25, -0.2) is 0 Å². The van der Waals surface area contributed by atoms with Gasteiger partial charge >= 0.3 is 0 Å². The molecule has 0 spiro atoms. The van der Waals surface area contributed by atoms with Crippen molar-refractivity contribution in [3.63, 3.8) is 0 Å². The number of aliphatic hydroxyl groups is 1. The van der Waals surface area contributed by atoms with Crippen molar-refractivity contribution in [3.05, 3.63) is 94.1 Å². The Morgan fingerprint density at radius 2 is 1.68 bits per heavy atom. The predicted octanol–water partition coefficient (Wildman–Crippen LogP) is 6.63. The topological polar surface area (TPSA) is 76.1 Å². The van der Waals surface area contributed by atoms with Gasteiger partial charge in [-0.15, -0.1) is 0 Å². The van der Waals surface area contributed by atoms with Gasteiger partial charge in [-0.1, -0.05) is 51.1 Å². The summed E-state index contributed by atoms with van der Waals surface area (Å²) >= 11 is 0. The summed E-state index contributed by atoms with van der Waals surface area (Å²) in [5.41, 5.74) is 4.16. The van der Waals surface area contributed by atoms with Crippen molar-refractivity contribution in [1.82, 2.24) is 0 Å². The third-order valence-corrected chi connectivity index (χ3v) is 7.07. The van der Waals surface area contributed by atoms with Crippen LogP contribution in [0.2, 0.25) is 0 Å². The molecule has 38 heavy (non-hydrogen) atoms. The highest BCUT2D eigenvalue weighted by molar-refractivity contribution is 6.51. The summed E-state index contributed by atoms with van der Waals surface area (Å²) in [6.07, 6.45) is 0. The van der Waals surface area contributed by atoms with Gasteiger partial charge in [0.15, 0.2) is 0 Å². The first-order chi connectivity index (χ1) is 18.0. The molecule has 0 saturated carbocycles. The Labute approximate surface area is 224 Å². The molecule has 0 bridgehead atoms. The van der Waals surface area contributed by atoms with Crippen molar-refractivity contribution in [2.45, 2.75) is 53.0 Å². The van der Waals surface area contributed by atoms with E-state index in [0.717, 1.165) is 16.7 Å². The lowest BCUT2D eigenvalue weighted by molar-refractivity contribution is -0.132. The molecule has 1 N–H and O–H groups in total. The second kappa shape index (κ2) is 10.4. The van der Waals surface area contributed by atoms with Crippen molar-refractivity contribution in [3.8, 4) is 11.5 Å². The molecule has 0 radical (unpaired) electrons. The van der Waals surface area contributed by atoms with Gasteiger partial charge in [0, 0.05) is 22.4 Å². The quantitative estimate of drug-likeness (QED) is 0.227. The van der Waals surface area contributed by atoms with Gasteiger partial charge in [-0.3, -0.25) is 14.5 Å². The average Bonchev–Trinajstić information content (AvgIpc) is 3.15. The number of Topliss-reactive ketones (excluding diaryl/α,β-unsaturated/α-hetero) is 1. The van der Waals surface area contributed by atoms with E-state index in [1.165, 1.54) is 4.90 Å². The molecule has 0 aliphatic carbocycles. The van der Waals surface area contributed by atoms with Crippen molar-refractivity contribution in [1.29, 1.82) is 0 Å². The van der Waals surface area contributed by atoms with Crippen LogP contribution in [0, 0.1) is 13.8 Å². The van der Waals surface area contributed by atoms with Crippen molar-refractivity contribution < 1.29 is 24.2 Å². The molecule has 1 atom stereocenters. The number of ketones is 1. The Hall–Kier alpha value is -4.06. The number of ether oxygens (including phenoxy) is 2. The fourth-order valence-corrected chi connectivity index (χ4v) is 4.96. The third-order valence-electron chi connectivity index (χ3n) is 7.07. The number of aliphatic hydroxyl groups excluding tert-OH is 1. The van der Waals surface area contributed by atoms with Gasteiger partial charge in [-0.05, 0) is 67.6 Å². The molecule has 6 heteroatoms. The van der Waals surface area contributed by atoms with Crippen LogP contribution in [0.4, 0.5) is 5.69 Å². The molecule has 1 aliphatic rings. The molecule has 1 saturated heterocycles. The second-order valence-electron chi connectivity index (χ2n) is 10.5. The summed E-state index contributed by atoms with van der Waals surface area (Å²) in [6, 6.07) is 17.4. The summed E-state index contributed by atoms with van der Waals surface area (Å²) in [7, 11) is 1.55. The molecular formula is C32H35NO5. The van der Waals surface area contributed by atoms with Crippen LogP contribution in [-0.2, 0) is 15.0 Å². The number of nitrogens with zero attached hydrogens (tertiary/aromatic N) is 1. The Balaban J connectivity index is 2.01. The Kier molecular flexibility index (Phi) is 7.36. The van der Waals surface area contributed by atoms with Gasteiger partial charge in [0.1, 0.15) is 17.3 Å². The smallest absolute Gasteiger partial charge is 0.300 e. The summed E-state index contributed by atoms with van der Waals surface area (Å²) in [5, 5.41) is 11.7. The van der Waals surface area contributed by atoms with E-state index >= 15 is 0 Å². The van der Waals surface area contributed by atoms with E-state index in [2.05, 4.69) is 20.8 Å². The summed E-state index contributed by atoms with van der Waals surface area (Å²) < 4.78 is 11.5. The number of benzene rings is 3. The van der Waals surface area contributed by atoms with Gasteiger partial charge < -0.3 is 14.6 Å². The number of hydrogen-bond donors (Lipinski definition) is 1. The highest BCUT2D eigenvalue weighted by Gasteiger charge is 2.48. The zero-order valence-electron chi connectivity index (χ0n) is 23.1. The fourth-order valence-electron chi connectivity index (χ4n) is 4.96. The van der Waals surface area contributed by atoms with Gasteiger partial charge in [0.05, 0.1) is 25.3 Å². The lowest BCUT2D eigenvalue weighted by atomic mass is 9.84. The van der Waals surface area contributed by atoms with E-state index in [1.807, 2.05) is 63.2 Å². The third kappa shape index (κ3) is 4.67. The first-order valence-corrected chi connectivity index (χ1v) is 12.8. The zero-order valence-corrected chi connectivity index (χ0v) is 23.1. The van der Waals surface area contributed by atoms with Crippen LogP contribution < -0.4 is 14.4 Å². The number of rotatable bonds is 6. The second-order valence-corrected chi connectivity index (χ2v) is 10.5. The van der Waals surface area contributed by atoms with Crippen molar-refractivity contribution in [2.75, 3.05) is 18.6 Å². The lowest BCUT2D eigenvalue weighted by Gasteiger charge is -2.28. The number of hydrogen-bond acceptors (Lipinski definition) is 5. The van der Waals surface area contributed by atoms with E-state index in [-0.39, 0.29) is 16.7 Å². The van der Waals surface area contributed by atoms with Gasteiger partial charge in [0.2, 0.25) is 0 Å². The van der Waals surface area contributed by atoms with E-state index in [0.29, 0.717) is 34.9 Å². The molecule has 4 rings (SSSR count). The minimum Gasteiger partial charge on any atom is -0.507 e. The highest BCUT2D eigenvalue weighted by Crippen LogP contribution is 2.46. The first-order valence-electron chi connectivity index (χ1n) is 12.8. The molecule has 3 aromatic carbocycles. The monoisotopic (exact) mass is 513 g/mol. The van der Waals surface area contributed by atoms with E-state index < -0.39 is 17.7 Å². The van der Waals surface area contributed by atoms with Crippen LogP contribution in [0.15, 0.2) is 66.2 Å². The zero-order chi connectivity index (χ0) is 27.8. The number of anilines is 1. The van der Waals surface area contributed by atoms with E-state index in [4.69, 9.17) is 9.47 Å². The number of methoxy groups -OCH3 is 1. The van der Waals surface area contributed by atoms with Gasteiger partial charge in [-0.2, -0.15) is 0 Å². The fraction of sp³-hybridized carbons (Fsp3) is 0.312. The molecule has 1 fully saturated rings. The van der Waals surface area contributed by atoms with Crippen LogP contribution in [0.3, 0.4) is 0 Å². The van der Waals surface area contributed by atoms with E-state index in [1.54, 1.807) is 25.3 Å². The normalized spacial score (nSPS) is 17.1. The average molecular weight is 514 g/mol. The van der Waals surface area contributed by atoms with Crippen LogP contribution >= 0.6 is 0 Å². The minimum absolute atomic E-state index is 0.0180. The summed E-state index contributed by atoms with van der Waals surface area (Å²) in [4.78, 5) is 28.8. The Bertz CT molecular complexity index is 1430. The predicted molar refractivity (Wildman–Crippen MR) is 150 cm³/mol. The van der Waals surface area contributed by atoms with Crippen LogP contribution in [0.1, 0.15) is 61.6 Å². The number of aryl methyl sites for hydroxylation is 1. The molecule has 3 aromatic rings. The minimum atomic E-state index is -0.878. The molecule has 1 unspecified atom stereocenters. The summed E-state index contributed by atoms with van der Waals surface area (Å²) in [5.74, 6) is -0.444. The van der Waals surface area contributed by atoms with E-state index in [9.17, 15) is 14.7 Å². The maximum atomic E-state index is 13.7. The molecule has 6 nitrogen and oxygen atoms in total. The number of carbonyl (C=O) groups is 2. The maximum absolute atomic E-state index is 13.7. The molecule has 0 aromatic heterocycles. The standard InChI is InChI=1S/C32H35NO5/c1-8-38-26-17-16-21(18-23(26)32(4,5)6)29(34)27-28(22-13-9-10-15-25(22)37-7)33(31(36)30(27)35)24-14-11-12-19(2)20(24)3/h9-18,28,34H,8H2,1-7H3/b29-27+. The van der Waals surface area contributed by atoms with Crippen LogP contribution in [0.5, 0.6) is 11.5 Å². The number of carbonyl (C=O) groups excluding carboxylic acids is 2. The molecule has 1 amide bonds. The molecular weight excluding hydrogens is 478 g/mol.